The summed E-state index contributed by atoms with van der Waals surface area (Å²) in [6.45, 7) is 2.83. The first kappa shape index (κ1) is 13.6. The Kier molecular flexibility index (Phi) is 6.19. The molecule has 1 aromatic rings. The molecule has 0 aliphatic heterocycles. The van der Waals surface area contributed by atoms with Gasteiger partial charge < -0.3 is 5.32 Å². The second-order valence-corrected chi connectivity index (χ2v) is 4.89. The maximum absolute atomic E-state index is 11.7. The average molecular weight is 248 g/mol. The van der Waals surface area contributed by atoms with Crippen molar-refractivity contribution in [2.45, 2.75) is 13.3 Å². The Morgan fingerprint density at radius 3 is 2.71 bits per heavy atom. The normalized spacial score (nSPS) is 9.65. The molecule has 0 spiro atoms. The van der Waals surface area contributed by atoms with Crippen molar-refractivity contribution in [3.8, 4) is 6.07 Å². The molecule has 90 valence electrons. The van der Waals surface area contributed by atoms with E-state index >= 15 is 0 Å². The number of nitrogens with one attached hydrogen (secondary N) is 1. The molecule has 0 aromatic heterocycles. The number of hydrogen-bond donors (Lipinski definition) is 1. The van der Waals surface area contributed by atoms with Crippen molar-refractivity contribution >= 4 is 17.7 Å². The number of nitrogens with zero attached hydrogens (tertiary/aromatic N) is 1. The minimum Gasteiger partial charge on any atom is -0.352 e. The van der Waals surface area contributed by atoms with Crippen LogP contribution in [0.2, 0.25) is 0 Å². The van der Waals surface area contributed by atoms with Crippen molar-refractivity contribution in [2.24, 2.45) is 0 Å². The van der Waals surface area contributed by atoms with E-state index in [-0.39, 0.29) is 5.91 Å². The summed E-state index contributed by atoms with van der Waals surface area (Å²) in [7, 11) is 0. The summed E-state index contributed by atoms with van der Waals surface area (Å²) < 4.78 is 0. The Labute approximate surface area is 106 Å². The van der Waals surface area contributed by atoms with Gasteiger partial charge in [-0.2, -0.15) is 17.0 Å². The molecule has 4 heteroatoms. The van der Waals surface area contributed by atoms with E-state index in [0.717, 1.165) is 17.9 Å². The minimum absolute atomic E-state index is 0.0732. The van der Waals surface area contributed by atoms with Gasteiger partial charge in [-0.05, 0) is 42.2 Å². The SMILES string of the molecule is CCSCCCNC(=O)c1ccc(C#N)cc1. The smallest absolute Gasteiger partial charge is 0.251 e. The lowest BCUT2D eigenvalue weighted by atomic mass is 10.1. The Balaban J connectivity index is 2.34. The van der Waals surface area contributed by atoms with Crippen LogP contribution in [-0.4, -0.2) is 24.0 Å². The first-order valence-corrected chi connectivity index (χ1v) is 6.79. The topological polar surface area (TPSA) is 52.9 Å². The average Bonchev–Trinajstić information content (AvgIpc) is 2.38. The molecule has 1 N–H and O–H groups in total. The van der Waals surface area contributed by atoms with Gasteiger partial charge in [0.1, 0.15) is 0 Å². The lowest BCUT2D eigenvalue weighted by molar-refractivity contribution is 0.0954. The zero-order valence-electron chi connectivity index (χ0n) is 9.90. The molecular formula is C13H16N2OS. The van der Waals surface area contributed by atoms with Crippen molar-refractivity contribution < 1.29 is 4.79 Å². The van der Waals surface area contributed by atoms with Gasteiger partial charge in [0.15, 0.2) is 0 Å². The highest BCUT2D eigenvalue weighted by Gasteiger charge is 2.03. The lowest BCUT2D eigenvalue weighted by Crippen LogP contribution is -2.24. The fourth-order valence-corrected chi connectivity index (χ4v) is 1.96. The molecule has 0 aliphatic rings. The largest absolute Gasteiger partial charge is 0.352 e. The van der Waals surface area contributed by atoms with Crippen molar-refractivity contribution in [1.82, 2.24) is 5.32 Å². The van der Waals surface area contributed by atoms with Gasteiger partial charge in [0.05, 0.1) is 11.6 Å². The molecule has 0 aliphatic carbocycles. The monoisotopic (exact) mass is 248 g/mol. The van der Waals surface area contributed by atoms with Gasteiger partial charge in [-0.25, -0.2) is 0 Å². The van der Waals surface area contributed by atoms with Gasteiger partial charge in [0.2, 0.25) is 0 Å². The molecule has 17 heavy (non-hydrogen) atoms. The maximum Gasteiger partial charge on any atom is 0.251 e. The Hall–Kier alpha value is -1.47. The van der Waals surface area contributed by atoms with Gasteiger partial charge in [-0.3, -0.25) is 4.79 Å². The summed E-state index contributed by atoms with van der Waals surface area (Å²) in [5.74, 6) is 2.12. The van der Waals surface area contributed by atoms with E-state index in [9.17, 15) is 4.79 Å². The highest BCUT2D eigenvalue weighted by atomic mass is 32.2. The van der Waals surface area contributed by atoms with Crippen molar-refractivity contribution in [2.75, 3.05) is 18.1 Å². The summed E-state index contributed by atoms with van der Waals surface area (Å²) in [6, 6.07) is 8.68. The highest BCUT2D eigenvalue weighted by molar-refractivity contribution is 7.99. The van der Waals surface area contributed by atoms with Crippen molar-refractivity contribution in [1.29, 1.82) is 5.26 Å². The third-order valence-electron chi connectivity index (χ3n) is 2.23. The lowest BCUT2D eigenvalue weighted by Gasteiger charge is -2.04. The van der Waals surface area contributed by atoms with Crippen LogP contribution in [0.3, 0.4) is 0 Å². The van der Waals surface area contributed by atoms with Crippen LogP contribution in [0.25, 0.3) is 0 Å². The number of hydrogen-bond acceptors (Lipinski definition) is 3. The predicted molar refractivity (Wildman–Crippen MR) is 71.1 cm³/mol. The molecule has 3 nitrogen and oxygen atoms in total. The van der Waals surface area contributed by atoms with Crippen LogP contribution in [0, 0.1) is 11.3 Å². The van der Waals surface area contributed by atoms with Crippen LogP contribution >= 0.6 is 11.8 Å². The summed E-state index contributed by atoms with van der Waals surface area (Å²) in [6.07, 6.45) is 0.987. The van der Waals surface area contributed by atoms with Gasteiger partial charge >= 0.3 is 0 Å². The zero-order chi connectivity index (χ0) is 12.5. The summed E-state index contributed by atoms with van der Waals surface area (Å²) in [5.41, 5.74) is 1.17. The Morgan fingerprint density at radius 1 is 1.41 bits per heavy atom. The molecule has 0 radical (unpaired) electrons. The second kappa shape index (κ2) is 7.75. The first-order chi connectivity index (χ1) is 8.27. The zero-order valence-corrected chi connectivity index (χ0v) is 10.7. The van der Waals surface area contributed by atoms with E-state index in [1.807, 2.05) is 17.8 Å². The Morgan fingerprint density at radius 2 is 2.12 bits per heavy atom. The summed E-state index contributed by atoms with van der Waals surface area (Å²) >= 11 is 1.87. The second-order valence-electron chi connectivity index (χ2n) is 3.50. The first-order valence-electron chi connectivity index (χ1n) is 5.64. The van der Waals surface area contributed by atoms with Gasteiger partial charge in [-0.1, -0.05) is 6.92 Å². The van der Waals surface area contributed by atoms with Gasteiger partial charge in [-0.15, -0.1) is 0 Å². The van der Waals surface area contributed by atoms with Crippen molar-refractivity contribution in [3.05, 3.63) is 35.4 Å². The number of amides is 1. The molecule has 0 bridgehead atoms. The van der Waals surface area contributed by atoms with Crippen LogP contribution in [-0.2, 0) is 0 Å². The molecule has 0 fully saturated rings. The fraction of sp³-hybridized carbons (Fsp3) is 0.385. The van der Waals surface area contributed by atoms with E-state index in [0.29, 0.717) is 17.7 Å². The van der Waals surface area contributed by atoms with Crippen molar-refractivity contribution in [3.63, 3.8) is 0 Å². The van der Waals surface area contributed by atoms with Crippen LogP contribution < -0.4 is 5.32 Å². The minimum atomic E-state index is -0.0732. The third kappa shape index (κ3) is 4.92. The van der Waals surface area contributed by atoms with Gasteiger partial charge in [0, 0.05) is 12.1 Å². The summed E-state index contributed by atoms with van der Waals surface area (Å²) in [4.78, 5) is 11.7. The number of carbonyl (C=O) groups excluding carboxylic acids is 1. The molecule has 0 unspecified atom stereocenters. The molecular weight excluding hydrogens is 232 g/mol. The number of rotatable bonds is 6. The van der Waals surface area contributed by atoms with Crippen LogP contribution in [0.1, 0.15) is 29.3 Å². The van der Waals surface area contributed by atoms with Crippen LogP contribution in [0.5, 0.6) is 0 Å². The quantitative estimate of drug-likeness (QED) is 0.787. The molecule has 0 atom stereocenters. The molecule has 1 rings (SSSR count). The Bertz CT molecular complexity index is 395. The molecule has 0 heterocycles. The molecule has 0 saturated carbocycles. The predicted octanol–water partition coefficient (Wildman–Crippen LogP) is 2.43. The highest BCUT2D eigenvalue weighted by Crippen LogP contribution is 2.03. The molecule has 0 saturated heterocycles. The standard InChI is InChI=1S/C13H16N2OS/c1-2-17-9-3-8-15-13(16)12-6-4-11(10-14)5-7-12/h4-7H,2-3,8-9H2,1H3,(H,15,16). The molecule has 1 aromatic carbocycles. The number of thioether (sulfide) groups is 1. The van der Waals surface area contributed by atoms with E-state index in [4.69, 9.17) is 5.26 Å². The summed E-state index contributed by atoms with van der Waals surface area (Å²) in [5, 5.41) is 11.5. The van der Waals surface area contributed by atoms with E-state index < -0.39 is 0 Å². The van der Waals surface area contributed by atoms with Gasteiger partial charge in [0.25, 0.3) is 5.91 Å². The number of benzene rings is 1. The number of carbonyl (C=O) groups is 1. The fourth-order valence-electron chi connectivity index (χ4n) is 1.32. The van der Waals surface area contributed by atoms with E-state index in [2.05, 4.69) is 12.2 Å². The van der Waals surface area contributed by atoms with Crippen LogP contribution in [0.4, 0.5) is 0 Å². The van der Waals surface area contributed by atoms with E-state index in [1.165, 1.54) is 0 Å². The maximum atomic E-state index is 11.7. The van der Waals surface area contributed by atoms with E-state index in [1.54, 1.807) is 24.3 Å². The van der Waals surface area contributed by atoms with Crippen LogP contribution in [0.15, 0.2) is 24.3 Å². The molecule has 1 amide bonds. The number of nitriles is 1. The third-order valence-corrected chi connectivity index (χ3v) is 3.22.